The Kier molecular flexibility index (Phi) is 1.98. The first-order chi connectivity index (χ1) is 5.46. The molecule has 0 nitrogen and oxygen atoms in total. The maximum Gasteiger partial charge on any atom is -0.0213 e. The summed E-state index contributed by atoms with van der Waals surface area (Å²) in [6.07, 6.45) is 1.38. The van der Waals surface area contributed by atoms with Gasteiger partial charge in [-0.1, -0.05) is 55.4 Å². The Morgan fingerprint density at radius 2 is 0.923 bits per heavy atom. The van der Waals surface area contributed by atoms with Gasteiger partial charge in [-0.15, -0.1) is 0 Å². The molecule has 0 heterocycles. The molecule has 1 aliphatic rings. The van der Waals surface area contributed by atoms with Crippen LogP contribution in [0.25, 0.3) is 0 Å². The molecule has 2 unspecified atom stereocenters. The first-order valence-corrected chi connectivity index (χ1v) is 5.46. The van der Waals surface area contributed by atoms with Crippen LogP contribution >= 0.6 is 0 Å². The Morgan fingerprint density at radius 1 is 0.692 bits per heavy atom. The van der Waals surface area contributed by atoms with E-state index in [1.54, 1.807) is 0 Å². The van der Waals surface area contributed by atoms with Gasteiger partial charge in [-0.2, -0.15) is 0 Å². The van der Waals surface area contributed by atoms with Gasteiger partial charge < -0.3 is 0 Å². The van der Waals surface area contributed by atoms with Gasteiger partial charge in [0.1, 0.15) is 0 Å². The van der Waals surface area contributed by atoms with Crippen molar-refractivity contribution in [2.45, 2.75) is 61.8 Å². The van der Waals surface area contributed by atoms with Crippen molar-refractivity contribution in [3.8, 4) is 0 Å². The fourth-order valence-corrected chi connectivity index (χ4v) is 2.85. The van der Waals surface area contributed by atoms with Crippen molar-refractivity contribution in [2.75, 3.05) is 0 Å². The van der Waals surface area contributed by atoms with Gasteiger partial charge in [-0.25, -0.2) is 0 Å². The molecule has 1 fully saturated rings. The van der Waals surface area contributed by atoms with E-state index < -0.39 is 0 Å². The summed E-state index contributed by atoms with van der Waals surface area (Å²) < 4.78 is 0. The standard InChI is InChI=1S/C13H26/c1-10(2,3)12(7)9-13(12,8)11(4,5)6/h9H2,1-8H3. The largest absolute Gasteiger partial charge is 0.0596 e. The summed E-state index contributed by atoms with van der Waals surface area (Å²) in [6.45, 7) is 19.2. The SMILES string of the molecule is CC(C)(C)C1(C)CC1(C)C(C)(C)C. The zero-order chi connectivity index (χ0) is 10.7. The predicted molar refractivity (Wildman–Crippen MR) is 59.7 cm³/mol. The third-order valence-corrected chi connectivity index (χ3v) is 5.11. The Bertz CT molecular complexity index is 189. The van der Waals surface area contributed by atoms with Crippen LogP contribution in [0.5, 0.6) is 0 Å². The summed E-state index contributed by atoms with van der Waals surface area (Å²) >= 11 is 0. The van der Waals surface area contributed by atoms with Crippen molar-refractivity contribution in [2.24, 2.45) is 21.7 Å². The monoisotopic (exact) mass is 182 g/mol. The third-order valence-electron chi connectivity index (χ3n) is 5.11. The highest BCUT2D eigenvalue weighted by atomic mass is 14.7. The zero-order valence-corrected chi connectivity index (χ0v) is 10.7. The molecular formula is C13H26. The van der Waals surface area contributed by atoms with E-state index in [-0.39, 0.29) is 0 Å². The lowest BCUT2D eigenvalue weighted by Gasteiger charge is -2.39. The lowest BCUT2D eigenvalue weighted by atomic mass is 9.66. The van der Waals surface area contributed by atoms with Crippen LogP contribution in [0.2, 0.25) is 0 Å². The maximum absolute atomic E-state index is 2.46. The Hall–Kier alpha value is 0. The topological polar surface area (TPSA) is 0 Å². The highest BCUT2D eigenvalue weighted by molar-refractivity contribution is 5.18. The Morgan fingerprint density at radius 3 is 1.00 bits per heavy atom. The molecule has 0 radical (unpaired) electrons. The van der Waals surface area contributed by atoms with E-state index in [0.717, 1.165) is 0 Å². The van der Waals surface area contributed by atoms with Crippen LogP contribution in [-0.4, -0.2) is 0 Å². The van der Waals surface area contributed by atoms with Gasteiger partial charge in [-0.05, 0) is 28.1 Å². The van der Waals surface area contributed by atoms with Crippen molar-refractivity contribution < 1.29 is 0 Å². The minimum Gasteiger partial charge on any atom is -0.0596 e. The molecule has 1 rings (SSSR count). The summed E-state index contributed by atoms with van der Waals surface area (Å²) in [7, 11) is 0. The normalized spacial score (nSPS) is 40.6. The molecule has 1 saturated carbocycles. The molecular weight excluding hydrogens is 156 g/mol. The van der Waals surface area contributed by atoms with E-state index in [1.165, 1.54) is 6.42 Å². The molecule has 0 N–H and O–H groups in total. The quantitative estimate of drug-likeness (QED) is 0.517. The number of hydrogen-bond donors (Lipinski definition) is 0. The van der Waals surface area contributed by atoms with Gasteiger partial charge in [0, 0.05) is 0 Å². The molecule has 0 bridgehead atoms. The van der Waals surface area contributed by atoms with E-state index in [0.29, 0.717) is 21.7 Å². The second-order valence-electron chi connectivity index (χ2n) is 7.34. The molecule has 13 heavy (non-hydrogen) atoms. The molecule has 0 spiro atoms. The second kappa shape index (κ2) is 2.32. The van der Waals surface area contributed by atoms with Crippen LogP contribution in [-0.2, 0) is 0 Å². The summed E-state index contributed by atoms with van der Waals surface area (Å²) in [4.78, 5) is 0. The van der Waals surface area contributed by atoms with Crippen molar-refractivity contribution >= 4 is 0 Å². The molecule has 0 amide bonds. The Balaban J connectivity index is 2.95. The fourth-order valence-electron chi connectivity index (χ4n) is 2.85. The molecule has 0 aromatic carbocycles. The molecule has 0 aromatic rings. The van der Waals surface area contributed by atoms with Gasteiger partial charge >= 0.3 is 0 Å². The van der Waals surface area contributed by atoms with Crippen LogP contribution in [0.15, 0.2) is 0 Å². The predicted octanol–water partition coefficient (Wildman–Crippen LogP) is 4.49. The molecule has 0 saturated heterocycles. The average molecular weight is 182 g/mol. The summed E-state index contributed by atoms with van der Waals surface area (Å²) in [5.74, 6) is 0. The van der Waals surface area contributed by atoms with E-state index in [2.05, 4.69) is 55.4 Å². The summed E-state index contributed by atoms with van der Waals surface area (Å²) in [6, 6.07) is 0. The van der Waals surface area contributed by atoms with Crippen LogP contribution in [0.3, 0.4) is 0 Å². The first-order valence-electron chi connectivity index (χ1n) is 5.46. The molecule has 0 aromatic heterocycles. The van der Waals surface area contributed by atoms with Gasteiger partial charge in [-0.3, -0.25) is 0 Å². The van der Waals surface area contributed by atoms with E-state index >= 15 is 0 Å². The lowest BCUT2D eigenvalue weighted by molar-refractivity contribution is 0.0992. The third kappa shape index (κ3) is 1.25. The van der Waals surface area contributed by atoms with E-state index in [1.807, 2.05) is 0 Å². The Labute approximate surface area is 84.1 Å². The number of rotatable bonds is 0. The number of hydrogen-bond acceptors (Lipinski definition) is 0. The van der Waals surface area contributed by atoms with E-state index in [9.17, 15) is 0 Å². The highest BCUT2D eigenvalue weighted by Crippen LogP contribution is 2.77. The lowest BCUT2D eigenvalue weighted by Crippen LogP contribution is -2.32. The highest BCUT2D eigenvalue weighted by Gasteiger charge is 2.69. The van der Waals surface area contributed by atoms with Gasteiger partial charge in [0.05, 0.1) is 0 Å². The van der Waals surface area contributed by atoms with Crippen molar-refractivity contribution in [3.05, 3.63) is 0 Å². The maximum atomic E-state index is 2.46. The van der Waals surface area contributed by atoms with Gasteiger partial charge in [0.15, 0.2) is 0 Å². The average Bonchev–Trinajstić information content (AvgIpc) is 2.34. The molecule has 1 aliphatic carbocycles. The minimum atomic E-state index is 0.440. The first kappa shape index (κ1) is 11.1. The van der Waals surface area contributed by atoms with Crippen molar-refractivity contribution in [1.82, 2.24) is 0 Å². The van der Waals surface area contributed by atoms with Crippen LogP contribution in [0.1, 0.15) is 61.8 Å². The zero-order valence-electron chi connectivity index (χ0n) is 10.7. The molecule has 0 heteroatoms. The van der Waals surface area contributed by atoms with E-state index in [4.69, 9.17) is 0 Å². The van der Waals surface area contributed by atoms with Crippen LogP contribution in [0.4, 0.5) is 0 Å². The summed E-state index contributed by atoms with van der Waals surface area (Å²) in [5, 5.41) is 0. The molecule has 0 aliphatic heterocycles. The summed E-state index contributed by atoms with van der Waals surface area (Å²) in [5.41, 5.74) is 1.93. The van der Waals surface area contributed by atoms with Gasteiger partial charge in [0.25, 0.3) is 0 Å². The molecule has 2 atom stereocenters. The van der Waals surface area contributed by atoms with Crippen LogP contribution in [0, 0.1) is 21.7 Å². The van der Waals surface area contributed by atoms with Crippen molar-refractivity contribution in [1.29, 1.82) is 0 Å². The van der Waals surface area contributed by atoms with Crippen LogP contribution < -0.4 is 0 Å². The van der Waals surface area contributed by atoms with Gasteiger partial charge in [0.2, 0.25) is 0 Å². The van der Waals surface area contributed by atoms with Crippen molar-refractivity contribution in [3.63, 3.8) is 0 Å². The smallest absolute Gasteiger partial charge is 0.0213 e. The second-order valence-corrected chi connectivity index (χ2v) is 7.34. The molecule has 78 valence electrons. The fraction of sp³-hybridized carbons (Fsp3) is 1.00. The minimum absolute atomic E-state index is 0.440.